The highest BCUT2D eigenvalue weighted by Crippen LogP contribution is 2.19. The molecular formula is C13H10ClN3O3. The molecule has 0 aliphatic carbocycles. The van der Waals surface area contributed by atoms with Crippen molar-refractivity contribution in [3.8, 4) is 0 Å². The van der Waals surface area contributed by atoms with Crippen LogP contribution in [0.5, 0.6) is 0 Å². The Morgan fingerprint density at radius 3 is 2.60 bits per heavy atom. The fourth-order valence-electron chi connectivity index (χ4n) is 1.57. The van der Waals surface area contributed by atoms with Crippen LogP contribution in [0.1, 0.15) is 26.4 Å². The van der Waals surface area contributed by atoms with E-state index in [-0.39, 0.29) is 22.1 Å². The molecular weight excluding hydrogens is 282 g/mol. The van der Waals surface area contributed by atoms with Gasteiger partial charge in [0.25, 0.3) is 5.91 Å². The van der Waals surface area contributed by atoms with Gasteiger partial charge in [-0.25, -0.2) is 14.8 Å². The first-order chi connectivity index (χ1) is 9.49. The van der Waals surface area contributed by atoms with Crippen LogP contribution in [0.25, 0.3) is 0 Å². The zero-order valence-electron chi connectivity index (χ0n) is 10.4. The maximum atomic E-state index is 12.1. The molecule has 0 fully saturated rings. The number of benzene rings is 1. The first kappa shape index (κ1) is 14.0. The molecule has 20 heavy (non-hydrogen) atoms. The van der Waals surface area contributed by atoms with Gasteiger partial charge >= 0.3 is 5.97 Å². The number of halogens is 1. The van der Waals surface area contributed by atoms with Crippen LogP contribution in [0.3, 0.4) is 0 Å². The second-order valence-corrected chi connectivity index (χ2v) is 4.40. The van der Waals surface area contributed by atoms with Gasteiger partial charge in [-0.05, 0) is 24.6 Å². The summed E-state index contributed by atoms with van der Waals surface area (Å²) in [6.07, 6.45) is 2.52. The third-order valence-corrected chi connectivity index (χ3v) is 2.81. The summed E-state index contributed by atoms with van der Waals surface area (Å²) in [4.78, 5) is 30.5. The summed E-state index contributed by atoms with van der Waals surface area (Å²) in [5, 5.41) is 11.6. The number of amides is 1. The highest BCUT2D eigenvalue weighted by atomic mass is 35.5. The molecule has 0 spiro atoms. The molecule has 0 unspecified atom stereocenters. The van der Waals surface area contributed by atoms with Crippen LogP contribution in [0.15, 0.2) is 30.6 Å². The lowest BCUT2D eigenvalue weighted by Crippen LogP contribution is -2.17. The number of hydrogen-bond donors (Lipinski definition) is 2. The maximum absolute atomic E-state index is 12.1. The van der Waals surface area contributed by atoms with Gasteiger partial charge in [-0.3, -0.25) is 4.79 Å². The van der Waals surface area contributed by atoms with Crippen molar-refractivity contribution in [3.63, 3.8) is 0 Å². The molecule has 0 aliphatic heterocycles. The lowest BCUT2D eigenvalue weighted by molar-refractivity contribution is 0.0691. The zero-order valence-corrected chi connectivity index (χ0v) is 11.2. The lowest BCUT2D eigenvalue weighted by Gasteiger charge is -2.08. The molecule has 0 bridgehead atoms. The molecule has 0 aliphatic rings. The maximum Gasteiger partial charge on any atom is 0.358 e. The standard InChI is InChI=1S/C13H10ClN3O3/c1-7-2-3-8(9(14)6-7)12(18)17-11-10(13(19)20)15-4-5-16-11/h2-6H,1H3,(H,19,20)(H,16,17,18). The highest BCUT2D eigenvalue weighted by molar-refractivity contribution is 6.34. The Balaban J connectivity index is 2.30. The summed E-state index contributed by atoms with van der Waals surface area (Å²) in [6, 6.07) is 4.94. The molecule has 1 aromatic heterocycles. The van der Waals surface area contributed by atoms with E-state index in [0.717, 1.165) is 5.56 Å². The van der Waals surface area contributed by atoms with Crippen molar-refractivity contribution in [3.05, 3.63) is 52.4 Å². The molecule has 7 heteroatoms. The molecule has 2 aromatic rings. The summed E-state index contributed by atoms with van der Waals surface area (Å²) in [7, 11) is 0. The van der Waals surface area contributed by atoms with Crippen LogP contribution < -0.4 is 5.32 Å². The van der Waals surface area contributed by atoms with Gasteiger partial charge in [0.15, 0.2) is 11.5 Å². The molecule has 0 saturated carbocycles. The normalized spacial score (nSPS) is 10.1. The number of carboxylic acid groups (broad SMARTS) is 1. The Hall–Kier alpha value is -2.47. The van der Waals surface area contributed by atoms with Crippen LogP contribution in [0.2, 0.25) is 5.02 Å². The first-order valence-electron chi connectivity index (χ1n) is 5.61. The third-order valence-electron chi connectivity index (χ3n) is 2.50. The first-order valence-corrected chi connectivity index (χ1v) is 5.98. The quantitative estimate of drug-likeness (QED) is 0.906. The molecule has 1 amide bonds. The van der Waals surface area contributed by atoms with E-state index in [1.54, 1.807) is 18.2 Å². The van der Waals surface area contributed by atoms with E-state index in [2.05, 4.69) is 15.3 Å². The van der Waals surface area contributed by atoms with Crippen molar-refractivity contribution in [2.75, 3.05) is 5.32 Å². The van der Waals surface area contributed by atoms with E-state index in [1.807, 2.05) is 6.92 Å². The summed E-state index contributed by atoms with van der Waals surface area (Å²) < 4.78 is 0. The van der Waals surface area contributed by atoms with Gasteiger partial charge in [0.2, 0.25) is 0 Å². The number of aromatic carboxylic acids is 1. The van der Waals surface area contributed by atoms with Crippen LogP contribution in [-0.2, 0) is 0 Å². The Labute approximate surface area is 119 Å². The van der Waals surface area contributed by atoms with E-state index < -0.39 is 11.9 Å². The summed E-state index contributed by atoms with van der Waals surface area (Å²) in [5.41, 5.74) is 0.820. The predicted octanol–water partition coefficient (Wildman–Crippen LogP) is 2.39. The number of aromatic nitrogens is 2. The van der Waals surface area contributed by atoms with E-state index in [1.165, 1.54) is 12.4 Å². The van der Waals surface area contributed by atoms with Gasteiger partial charge < -0.3 is 10.4 Å². The van der Waals surface area contributed by atoms with Gasteiger partial charge in [0.1, 0.15) is 0 Å². The van der Waals surface area contributed by atoms with E-state index in [4.69, 9.17) is 16.7 Å². The van der Waals surface area contributed by atoms with E-state index in [0.29, 0.717) is 0 Å². The Bertz CT molecular complexity index is 688. The summed E-state index contributed by atoms with van der Waals surface area (Å²) in [5.74, 6) is -1.94. The smallest absolute Gasteiger partial charge is 0.358 e. The fourth-order valence-corrected chi connectivity index (χ4v) is 1.89. The van der Waals surface area contributed by atoms with Gasteiger partial charge in [0.05, 0.1) is 10.6 Å². The topological polar surface area (TPSA) is 92.2 Å². The Kier molecular flexibility index (Phi) is 3.95. The van der Waals surface area contributed by atoms with E-state index in [9.17, 15) is 9.59 Å². The summed E-state index contributed by atoms with van der Waals surface area (Å²) >= 11 is 5.98. The van der Waals surface area contributed by atoms with Gasteiger partial charge in [-0.1, -0.05) is 17.7 Å². The SMILES string of the molecule is Cc1ccc(C(=O)Nc2nccnc2C(=O)O)c(Cl)c1. The predicted molar refractivity (Wildman–Crippen MR) is 73.1 cm³/mol. The average molecular weight is 292 g/mol. The second-order valence-electron chi connectivity index (χ2n) is 4.00. The van der Waals surface area contributed by atoms with Gasteiger partial charge in [0, 0.05) is 12.4 Å². The van der Waals surface area contributed by atoms with Crippen molar-refractivity contribution in [2.45, 2.75) is 6.92 Å². The summed E-state index contributed by atoms with van der Waals surface area (Å²) in [6.45, 7) is 1.85. The number of nitrogens with one attached hydrogen (secondary N) is 1. The van der Waals surface area contributed by atoms with Crippen LogP contribution >= 0.6 is 11.6 Å². The molecule has 0 saturated heterocycles. The highest BCUT2D eigenvalue weighted by Gasteiger charge is 2.17. The molecule has 2 N–H and O–H groups in total. The molecule has 0 radical (unpaired) electrons. The van der Waals surface area contributed by atoms with Crippen molar-refractivity contribution in [2.24, 2.45) is 0 Å². The van der Waals surface area contributed by atoms with Crippen LogP contribution in [-0.4, -0.2) is 27.0 Å². The number of carbonyl (C=O) groups excluding carboxylic acids is 1. The molecule has 1 heterocycles. The monoisotopic (exact) mass is 291 g/mol. The number of rotatable bonds is 3. The number of carbonyl (C=O) groups is 2. The largest absolute Gasteiger partial charge is 0.476 e. The van der Waals surface area contributed by atoms with Crippen molar-refractivity contribution < 1.29 is 14.7 Å². The van der Waals surface area contributed by atoms with Crippen molar-refractivity contribution in [1.29, 1.82) is 0 Å². The van der Waals surface area contributed by atoms with Crippen molar-refractivity contribution >= 4 is 29.3 Å². The third kappa shape index (κ3) is 2.92. The molecule has 102 valence electrons. The minimum Gasteiger partial charge on any atom is -0.476 e. The number of aryl methyl sites for hydroxylation is 1. The molecule has 1 aromatic carbocycles. The Morgan fingerprint density at radius 2 is 1.95 bits per heavy atom. The van der Waals surface area contributed by atoms with Gasteiger partial charge in [-0.2, -0.15) is 0 Å². The molecule has 0 atom stereocenters. The zero-order chi connectivity index (χ0) is 14.7. The minimum absolute atomic E-state index is 0.123. The second kappa shape index (κ2) is 5.66. The molecule has 2 rings (SSSR count). The Morgan fingerprint density at radius 1 is 1.25 bits per heavy atom. The van der Waals surface area contributed by atoms with Crippen LogP contribution in [0.4, 0.5) is 5.82 Å². The number of carboxylic acids is 1. The van der Waals surface area contributed by atoms with E-state index >= 15 is 0 Å². The number of anilines is 1. The van der Waals surface area contributed by atoms with Crippen LogP contribution in [0, 0.1) is 6.92 Å². The average Bonchev–Trinajstić information content (AvgIpc) is 2.38. The minimum atomic E-state index is -1.27. The van der Waals surface area contributed by atoms with Crippen molar-refractivity contribution in [1.82, 2.24) is 9.97 Å². The lowest BCUT2D eigenvalue weighted by atomic mass is 10.1. The van der Waals surface area contributed by atoms with Gasteiger partial charge in [-0.15, -0.1) is 0 Å². The fraction of sp³-hybridized carbons (Fsp3) is 0.0769. The number of nitrogens with zero attached hydrogens (tertiary/aromatic N) is 2. The molecule has 6 nitrogen and oxygen atoms in total. The number of hydrogen-bond acceptors (Lipinski definition) is 4.